The molecule has 0 N–H and O–H groups in total. The summed E-state index contributed by atoms with van der Waals surface area (Å²) in [7, 11) is 0. The highest BCUT2D eigenvalue weighted by Crippen LogP contribution is 2.22. The van der Waals surface area contributed by atoms with Crippen LogP contribution >= 0.6 is 0 Å². The van der Waals surface area contributed by atoms with E-state index in [2.05, 4.69) is 28.9 Å². The van der Waals surface area contributed by atoms with Crippen LogP contribution in [0.3, 0.4) is 0 Å². The summed E-state index contributed by atoms with van der Waals surface area (Å²) in [5.74, 6) is 0.709. The summed E-state index contributed by atoms with van der Waals surface area (Å²) in [5.41, 5.74) is 2.16. The number of carbonyl (C=O) groups excluding carboxylic acids is 1. The predicted molar refractivity (Wildman–Crippen MR) is 76.9 cm³/mol. The average molecular weight is 260 g/mol. The molecule has 2 rings (SSSR count). The summed E-state index contributed by atoms with van der Waals surface area (Å²) < 4.78 is 0. The summed E-state index contributed by atoms with van der Waals surface area (Å²) >= 11 is 0. The van der Waals surface area contributed by atoms with Crippen molar-refractivity contribution in [3.8, 4) is 0 Å². The fourth-order valence-electron chi connectivity index (χ4n) is 2.78. The van der Waals surface area contributed by atoms with E-state index in [-0.39, 0.29) is 5.92 Å². The third-order valence-corrected chi connectivity index (χ3v) is 3.94. The molecule has 1 atom stereocenters. The lowest BCUT2D eigenvalue weighted by Gasteiger charge is -2.27. The number of pyridine rings is 1. The molecule has 0 spiro atoms. The van der Waals surface area contributed by atoms with E-state index in [1.165, 1.54) is 6.42 Å². The summed E-state index contributed by atoms with van der Waals surface area (Å²) in [5, 5.41) is 0. The second kappa shape index (κ2) is 6.80. The van der Waals surface area contributed by atoms with Crippen LogP contribution in [-0.4, -0.2) is 28.8 Å². The van der Waals surface area contributed by atoms with Crippen LogP contribution in [0.15, 0.2) is 18.2 Å². The van der Waals surface area contributed by atoms with Gasteiger partial charge in [0.2, 0.25) is 0 Å². The van der Waals surface area contributed by atoms with Crippen molar-refractivity contribution in [2.75, 3.05) is 13.1 Å². The maximum Gasteiger partial charge on any atom is 0.137 e. The third-order valence-electron chi connectivity index (χ3n) is 3.94. The van der Waals surface area contributed by atoms with Gasteiger partial charge in [-0.3, -0.25) is 14.7 Å². The topological polar surface area (TPSA) is 33.2 Å². The minimum atomic E-state index is 0.249. The molecule has 0 radical (unpaired) electrons. The van der Waals surface area contributed by atoms with Gasteiger partial charge in [-0.25, -0.2) is 0 Å². The molecule has 0 saturated heterocycles. The lowest BCUT2D eigenvalue weighted by atomic mass is 9.87. The van der Waals surface area contributed by atoms with Crippen LogP contribution in [0.5, 0.6) is 0 Å². The molecular weight excluding hydrogens is 236 g/mol. The Morgan fingerprint density at radius 2 is 2.21 bits per heavy atom. The van der Waals surface area contributed by atoms with E-state index < -0.39 is 0 Å². The second-order valence-corrected chi connectivity index (χ2v) is 5.51. The van der Waals surface area contributed by atoms with Crippen LogP contribution in [0.25, 0.3) is 0 Å². The molecule has 1 aromatic rings. The first-order valence-corrected chi connectivity index (χ1v) is 7.36. The van der Waals surface area contributed by atoms with Crippen molar-refractivity contribution in [3.63, 3.8) is 0 Å². The van der Waals surface area contributed by atoms with Gasteiger partial charge in [0.1, 0.15) is 5.78 Å². The molecule has 0 aromatic carbocycles. The normalized spacial score (nSPS) is 19.9. The van der Waals surface area contributed by atoms with Gasteiger partial charge in [0, 0.05) is 31.1 Å². The molecule has 0 amide bonds. The summed E-state index contributed by atoms with van der Waals surface area (Å²) in [6.45, 7) is 6.89. The third kappa shape index (κ3) is 4.13. The van der Waals surface area contributed by atoms with E-state index >= 15 is 0 Å². The molecule has 19 heavy (non-hydrogen) atoms. The number of nitrogens with zero attached hydrogens (tertiary/aromatic N) is 2. The Balaban J connectivity index is 1.94. The zero-order valence-electron chi connectivity index (χ0n) is 12.1. The monoisotopic (exact) mass is 260 g/mol. The van der Waals surface area contributed by atoms with Crippen molar-refractivity contribution < 1.29 is 4.79 Å². The number of ketones is 1. The number of aryl methyl sites for hydroxylation is 1. The van der Waals surface area contributed by atoms with Crippen LogP contribution in [0.2, 0.25) is 0 Å². The first-order chi connectivity index (χ1) is 9.19. The lowest BCUT2D eigenvalue weighted by Crippen LogP contribution is -2.34. The van der Waals surface area contributed by atoms with Gasteiger partial charge in [0.25, 0.3) is 0 Å². The summed E-state index contributed by atoms with van der Waals surface area (Å²) in [6, 6.07) is 6.14. The highest BCUT2D eigenvalue weighted by atomic mass is 16.1. The maximum absolute atomic E-state index is 11.9. The molecule has 1 saturated carbocycles. The van der Waals surface area contributed by atoms with E-state index in [1.807, 2.05) is 13.0 Å². The fraction of sp³-hybridized carbons (Fsp3) is 0.625. The molecular formula is C16H24N2O. The quantitative estimate of drug-likeness (QED) is 0.816. The zero-order chi connectivity index (χ0) is 13.7. The van der Waals surface area contributed by atoms with Gasteiger partial charge in [-0.1, -0.05) is 19.4 Å². The number of rotatable bonds is 5. The molecule has 3 nitrogen and oxygen atoms in total. The molecule has 0 aliphatic heterocycles. The first kappa shape index (κ1) is 14.2. The zero-order valence-corrected chi connectivity index (χ0v) is 12.1. The molecule has 1 aliphatic rings. The van der Waals surface area contributed by atoms with Gasteiger partial charge in [-0.05, 0) is 38.4 Å². The minimum absolute atomic E-state index is 0.249. The number of carbonyl (C=O) groups is 1. The van der Waals surface area contributed by atoms with Gasteiger partial charge in [-0.15, -0.1) is 0 Å². The van der Waals surface area contributed by atoms with Gasteiger partial charge >= 0.3 is 0 Å². The Hall–Kier alpha value is -1.22. The van der Waals surface area contributed by atoms with Crippen LogP contribution in [0.4, 0.5) is 0 Å². The van der Waals surface area contributed by atoms with Gasteiger partial charge < -0.3 is 0 Å². The van der Waals surface area contributed by atoms with Crippen LogP contribution in [0, 0.1) is 12.8 Å². The molecule has 1 fully saturated rings. The van der Waals surface area contributed by atoms with Crippen molar-refractivity contribution >= 4 is 5.78 Å². The van der Waals surface area contributed by atoms with E-state index in [0.717, 1.165) is 50.3 Å². The molecule has 1 aromatic heterocycles. The first-order valence-electron chi connectivity index (χ1n) is 7.36. The van der Waals surface area contributed by atoms with Crippen molar-refractivity contribution in [2.45, 2.75) is 46.1 Å². The van der Waals surface area contributed by atoms with Crippen LogP contribution in [-0.2, 0) is 11.3 Å². The van der Waals surface area contributed by atoms with Crippen molar-refractivity contribution in [3.05, 3.63) is 29.6 Å². The molecule has 1 aliphatic carbocycles. The van der Waals surface area contributed by atoms with Gasteiger partial charge in [0.05, 0.1) is 5.69 Å². The van der Waals surface area contributed by atoms with Crippen LogP contribution in [0.1, 0.15) is 44.0 Å². The molecule has 1 unspecified atom stereocenters. The number of aromatic nitrogens is 1. The van der Waals surface area contributed by atoms with Crippen molar-refractivity contribution in [2.24, 2.45) is 5.92 Å². The number of Topliss-reactive ketones (excluding diaryl/α,β-unsaturated/α-hetero) is 1. The van der Waals surface area contributed by atoms with E-state index in [4.69, 9.17) is 0 Å². The largest absolute Gasteiger partial charge is 0.299 e. The average Bonchev–Trinajstić information content (AvgIpc) is 2.40. The smallest absolute Gasteiger partial charge is 0.137 e. The Kier molecular flexibility index (Phi) is 5.08. The van der Waals surface area contributed by atoms with E-state index in [1.54, 1.807) is 0 Å². The molecule has 104 valence electrons. The van der Waals surface area contributed by atoms with Crippen molar-refractivity contribution in [1.82, 2.24) is 9.88 Å². The van der Waals surface area contributed by atoms with Gasteiger partial charge in [-0.2, -0.15) is 0 Å². The Bertz CT molecular complexity index is 431. The number of hydrogen-bond donors (Lipinski definition) is 0. The molecule has 0 bridgehead atoms. The van der Waals surface area contributed by atoms with Crippen molar-refractivity contribution in [1.29, 1.82) is 0 Å². The van der Waals surface area contributed by atoms with E-state index in [0.29, 0.717) is 5.78 Å². The highest BCUT2D eigenvalue weighted by molar-refractivity contribution is 5.81. The Morgan fingerprint density at radius 1 is 1.37 bits per heavy atom. The molecule has 1 heterocycles. The minimum Gasteiger partial charge on any atom is -0.299 e. The standard InChI is InChI=1S/C16H24N2O/c1-3-18(11-14-8-4-5-10-16(14)19)12-15-9-6-7-13(2)17-15/h6-7,9,14H,3-5,8,10-12H2,1-2H3. The predicted octanol–water partition coefficient (Wildman–Crippen LogP) is 2.97. The number of hydrogen-bond acceptors (Lipinski definition) is 3. The summed E-state index contributed by atoms with van der Waals surface area (Å²) in [4.78, 5) is 18.8. The second-order valence-electron chi connectivity index (χ2n) is 5.51. The molecule has 3 heteroatoms. The van der Waals surface area contributed by atoms with Crippen LogP contribution < -0.4 is 0 Å². The highest BCUT2D eigenvalue weighted by Gasteiger charge is 2.24. The van der Waals surface area contributed by atoms with E-state index in [9.17, 15) is 4.79 Å². The SMILES string of the molecule is CCN(Cc1cccc(C)n1)CC1CCCCC1=O. The van der Waals surface area contributed by atoms with Gasteiger partial charge in [0.15, 0.2) is 0 Å². The Labute approximate surface area is 116 Å². The Morgan fingerprint density at radius 3 is 2.89 bits per heavy atom. The lowest BCUT2D eigenvalue weighted by molar-refractivity contribution is -0.125. The fourth-order valence-corrected chi connectivity index (χ4v) is 2.78. The maximum atomic E-state index is 11.9. The summed E-state index contributed by atoms with van der Waals surface area (Å²) in [6.07, 6.45) is 4.14.